The number of nitrogens with zero attached hydrogens (tertiary/aromatic N) is 1. The van der Waals surface area contributed by atoms with E-state index in [-0.39, 0.29) is 5.75 Å². The molecule has 0 aromatic heterocycles. The molecule has 0 heterocycles. The number of para-hydroxylation sites is 1. The second-order valence-electron chi connectivity index (χ2n) is 3.88. The molecule has 4 heteroatoms. The van der Waals surface area contributed by atoms with Crippen LogP contribution in [0.4, 0.5) is 5.69 Å². The number of phenolic OH excluding ortho intramolecular Hbond substituents is 1. The first-order valence-corrected chi connectivity index (χ1v) is 7.03. The quantitative estimate of drug-likeness (QED) is 0.652. The Labute approximate surface area is 126 Å². The van der Waals surface area contributed by atoms with Crippen molar-refractivity contribution in [3.63, 3.8) is 0 Å². The Balaban J connectivity index is 2.28. The number of hydrogen-bond acceptors (Lipinski definition) is 3. The van der Waals surface area contributed by atoms with Gasteiger partial charge in [0.1, 0.15) is 0 Å². The van der Waals surface area contributed by atoms with E-state index in [0.717, 1.165) is 14.8 Å². The van der Waals surface area contributed by atoms with E-state index in [2.05, 4.69) is 27.6 Å². The number of phenols is 1. The first-order valence-electron chi connectivity index (χ1n) is 5.95. The minimum atomic E-state index is 0.180. The lowest BCUT2D eigenvalue weighted by Crippen LogP contribution is -1.94. The highest BCUT2D eigenvalue weighted by atomic mass is 127. The summed E-state index contributed by atoms with van der Waals surface area (Å²) in [5, 5.41) is 9.86. The van der Waals surface area contributed by atoms with Crippen molar-refractivity contribution in [2.24, 2.45) is 4.99 Å². The monoisotopic (exact) mass is 367 g/mol. The van der Waals surface area contributed by atoms with E-state index in [9.17, 15) is 5.11 Å². The van der Waals surface area contributed by atoms with Crippen LogP contribution in [0, 0.1) is 3.57 Å². The Hall–Kier alpha value is -1.56. The van der Waals surface area contributed by atoms with E-state index < -0.39 is 0 Å². The van der Waals surface area contributed by atoms with Crippen molar-refractivity contribution >= 4 is 34.5 Å². The van der Waals surface area contributed by atoms with E-state index in [1.54, 1.807) is 12.3 Å². The third kappa shape index (κ3) is 3.70. The third-order valence-electron chi connectivity index (χ3n) is 2.47. The van der Waals surface area contributed by atoms with Gasteiger partial charge in [0.2, 0.25) is 0 Å². The molecule has 19 heavy (non-hydrogen) atoms. The normalized spacial score (nSPS) is 10.8. The van der Waals surface area contributed by atoms with E-state index in [0.29, 0.717) is 12.4 Å². The second-order valence-corrected chi connectivity index (χ2v) is 5.04. The fourth-order valence-corrected chi connectivity index (χ4v) is 2.22. The Bertz CT molecular complexity index is 582. The van der Waals surface area contributed by atoms with Crippen molar-refractivity contribution in [1.82, 2.24) is 0 Å². The number of aliphatic imine (C=N–C) groups is 1. The van der Waals surface area contributed by atoms with Gasteiger partial charge >= 0.3 is 0 Å². The van der Waals surface area contributed by atoms with Gasteiger partial charge in [-0.3, -0.25) is 4.99 Å². The van der Waals surface area contributed by atoms with Crippen LogP contribution in [0.2, 0.25) is 0 Å². The fraction of sp³-hybridized carbons (Fsp3) is 0.133. The minimum absolute atomic E-state index is 0.180. The number of ether oxygens (including phenoxy) is 1. The van der Waals surface area contributed by atoms with Crippen LogP contribution in [-0.2, 0) is 0 Å². The molecule has 1 N–H and O–H groups in total. The number of rotatable bonds is 4. The molecule has 0 bridgehead atoms. The minimum Gasteiger partial charge on any atom is -0.504 e. The number of aromatic hydroxyl groups is 1. The number of benzene rings is 2. The number of hydrogen-bond donors (Lipinski definition) is 1. The van der Waals surface area contributed by atoms with Gasteiger partial charge in [-0.1, -0.05) is 18.2 Å². The SMILES string of the molecule is CCOc1cc(C=Nc2ccccc2)cc(I)c1O. The molecule has 0 aliphatic rings. The largest absolute Gasteiger partial charge is 0.504 e. The van der Waals surface area contributed by atoms with Crippen LogP contribution >= 0.6 is 22.6 Å². The fourth-order valence-electron chi connectivity index (χ4n) is 1.60. The molecule has 2 aromatic carbocycles. The van der Waals surface area contributed by atoms with Crippen molar-refractivity contribution in [2.45, 2.75) is 6.92 Å². The average Bonchev–Trinajstić information content (AvgIpc) is 2.43. The highest BCUT2D eigenvalue weighted by Crippen LogP contribution is 2.32. The Morgan fingerprint density at radius 2 is 2.00 bits per heavy atom. The molecule has 0 amide bonds. The summed E-state index contributed by atoms with van der Waals surface area (Å²) in [4.78, 5) is 4.38. The maximum atomic E-state index is 9.86. The molecule has 3 nitrogen and oxygen atoms in total. The summed E-state index contributed by atoms with van der Waals surface area (Å²) in [5.74, 6) is 0.670. The topological polar surface area (TPSA) is 41.8 Å². The molecule has 2 rings (SSSR count). The van der Waals surface area contributed by atoms with E-state index in [4.69, 9.17) is 4.74 Å². The summed E-state index contributed by atoms with van der Waals surface area (Å²) in [5.41, 5.74) is 1.79. The van der Waals surface area contributed by atoms with Crippen molar-refractivity contribution in [1.29, 1.82) is 0 Å². The van der Waals surface area contributed by atoms with Crippen LogP contribution in [0.5, 0.6) is 11.5 Å². The van der Waals surface area contributed by atoms with E-state index >= 15 is 0 Å². The summed E-state index contributed by atoms with van der Waals surface area (Å²) in [7, 11) is 0. The maximum Gasteiger partial charge on any atom is 0.171 e. The average molecular weight is 367 g/mol. The molecule has 0 saturated heterocycles. The van der Waals surface area contributed by atoms with Crippen LogP contribution in [0.1, 0.15) is 12.5 Å². The Morgan fingerprint density at radius 1 is 1.26 bits per heavy atom. The molecular formula is C15H14INO2. The van der Waals surface area contributed by atoms with Gasteiger partial charge < -0.3 is 9.84 Å². The van der Waals surface area contributed by atoms with E-state index in [1.165, 1.54) is 0 Å². The standard InChI is InChI=1S/C15H14INO2/c1-2-19-14-9-11(8-13(16)15(14)18)10-17-12-6-4-3-5-7-12/h3-10,18H,2H2,1H3. The molecule has 2 aromatic rings. The van der Waals surface area contributed by atoms with Gasteiger partial charge in [0.25, 0.3) is 0 Å². The maximum absolute atomic E-state index is 9.86. The smallest absolute Gasteiger partial charge is 0.171 e. The lowest BCUT2D eigenvalue weighted by molar-refractivity contribution is 0.317. The van der Waals surface area contributed by atoms with Gasteiger partial charge in [-0.2, -0.15) is 0 Å². The zero-order valence-electron chi connectivity index (χ0n) is 10.5. The van der Waals surface area contributed by atoms with Crippen LogP contribution in [-0.4, -0.2) is 17.9 Å². The highest BCUT2D eigenvalue weighted by Gasteiger charge is 2.07. The molecular weight excluding hydrogens is 353 g/mol. The highest BCUT2D eigenvalue weighted by molar-refractivity contribution is 14.1. The predicted molar refractivity (Wildman–Crippen MR) is 85.7 cm³/mol. The molecule has 0 aliphatic heterocycles. The zero-order chi connectivity index (χ0) is 13.7. The summed E-state index contributed by atoms with van der Waals surface area (Å²) in [6.07, 6.45) is 1.76. The van der Waals surface area contributed by atoms with Gasteiger partial charge in [0, 0.05) is 6.21 Å². The molecule has 0 aliphatic carbocycles. The summed E-state index contributed by atoms with van der Waals surface area (Å²) >= 11 is 2.08. The van der Waals surface area contributed by atoms with E-state index in [1.807, 2.05) is 43.3 Å². The lowest BCUT2D eigenvalue weighted by atomic mass is 10.2. The molecule has 0 spiro atoms. The first kappa shape index (κ1) is 13.9. The molecule has 0 saturated carbocycles. The summed E-state index contributed by atoms with van der Waals surface area (Å²) in [6, 6.07) is 13.4. The van der Waals surface area contributed by atoms with Crippen LogP contribution < -0.4 is 4.74 Å². The van der Waals surface area contributed by atoms with Crippen molar-refractivity contribution in [2.75, 3.05) is 6.61 Å². The van der Waals surface area contributed by atoms with Crippen molar-refractivity contribution in [3.8, 4) is 11.5 Å². The van der Waals surface area contributed by atoms with Crippen molar-refractivity contribution < 1.29 is 9.84 Å². The van der Waals surface area contributed by atoms with Crippen LogP contribution in [0.3, 0.4) is 0 Å². The van der Waals surface area contributed by atoms with Gasteiger partial charge in [-0.05, 0) is 59.3 Å². The van der Waals surface area contributed by atoms with Crippen molar-refractivity contribution in [3.05, 3.63) is 51.6 Å². The summed E-state index contributed by atoms with van der Waals surface area (Å²) < 4.78 is 6.14. The zero-order valence-corrected chi connectivity index (χ0v) is 12.7. The van der Waals surface area contributed by atoms with Gasteiger partial charge in [-0.15, -0.1) is 0 Å². The lowest BCUT2D eigenvalue weighted by Gasteiger charge is -2.08. The Kier molecular flexibility index (Phi) is 4.79. The molecule has 0 radical (unpaired) electrons. The predicted octanol–water partition coefficient (Wildman–Crippen LogP) is 4.15. The van der Waals surface area contributed by atoms with Gasteiger partial charge in [0.05, 0.1) is 15.9 Å². The molecule has 0 unspecified atom stereocenters. The van der Waals surface area contributed by atoms with Crippen LogP contribution in [0.25, 0.3) is 0 Å². The summed E-state index contributed by atoms with van der Waals surface area (Å²) in [6.45, 7) is 2.40. The first-order chi connectivity index (χ1) is 9.20. The van der Waals surface area contributed by atoms with Gasteiger partial charge in [0.15, 0.2) is 11.5 Å². The second kappa shape index (κ2) is 6.56. The molecule has 0 atom stereocenters. The Morgan fingerprint density at radius 3 is 2.68 bits per heavy atom. The molecule has 98 valence electrons. The van der Waals surface area contributed by atoms with Gasteiger partial charge in [-0.25, -0.2) is 0 Å². The molecule has 0 fully saturated rings. The number of halogens is 1. The van der Waals surface area contributed by atoms with Crippen LogP contribution in [0.15, 0.2) is 47.5 Å². The third-order valence-corrected chi connectivity index (χ3v) is 3.29.